The molecule has 156 valence electrons. The van der Waals surface area contributed by atoms with Crippen molar-refractivity contribution in [2.45, 2.75) is 18.9 Å². The van der Waals surface area contributed by atoms with Crippen LogP contribution in [-0.2, 0) is 0 Å². The van der Waals surface area contributed by atoms with E-state index in [1.54, 1.807) is 18.0 Å². The molecule has 1 aromatic carbocycles. The van der Waals surface area contributed by atoms with Crippen molar-refractivity contribution in [1.29, 1.82) is 0 Å². The highest BCUT2D eigenvalue weighted by Crippen LogP contribution is 2.21. The number of rotatable bonds is 8. The fourth-order valence-corrected chi connectivity index (χ4v) is 4.39. The maximum absolute atomic E-state index is 12.8. The van der Waals surface area contributed by atoms with Crippen molar-refractivity contribution in [2.24, 2.45) is 0 Å². The molecule has 7 heteroatoms. The highest BCUT2D eigenvalue weighted by atomic mass is 35.5. The van der Waals surface area contributed by atoms with Gasteiger partial charge in [0.1, 0.15) is 0 Å². The summed E-state index contributed by atoms with van der Waals surface area (Å²) in [5.74, 6) is 1.07. The third kappa shape index (κ3) is 6.11. The minimum absolute atomic E-state index is 0.0629. The molecule has 0 N–H and O–H groups in total. The van der Waals surface area contributed by atoms with Gasteiger partial charge in [-0.2, -0.15) is 0 Å². The van der Waals surface area contributed by atoms with E-state index in [-0.39, 0.29) is 5.91 Å². The Kier molecular flexibility index (Phi) is 8.21. The number of aromatic nitrogens is 1. The van der Waals surface area contributed by atoms with Gasteiger partial charge in [-0.25, -0.2) is 4.98 Å². The summed E-state index contributed by atoms with van der Waals surface area (Å²) in [6.07, 6.45) is 1.72. The summed E-state index contributed by atoms with van der Waals surface area (Å²) in [6, 6.07) is 11.7. The number of hydrogen-bond acceptors (Lipinski definition) is 5. The van der Waals surface area contributed by atoms with Gasteiger partial charge in [-0.05, 0) is 49.5 Å². The van der Waals surface area contributed by atoms with E-state index in [1.807, 2.05) is 41.3 Å². The van der Waals surface area contributed by atoms with Gasteiger partial charge in [0.2, 0.25) is 0 Å². The van der Waals surface area contributed by atoms with Crippen LogP contribution in [0.15, 0.2) is 47.6 Å². The Bertz CT molecular complexity index is 772. The normalized spacial score (nSPS) is 14.5. The Morgan fingerprint density at radius 1 is 1.07 bits per heavy atom. The molecule has 0 saturated carbocycles. The van der Waals surface area contributed by atoms with Crippen LogP contribution in [0.1, 0.15) is 24.2 Å². The van der Waals surface area contributed by atoms with E-state index in [0.717, 1.165) is 54.2 Å². The summed E-state index contributed by atoms with van der Waals surface area (Å²) < 4.78 is 0. The molecular formula is C22H29ClN4OS. The first-order chi connectivity index (χ1) is 14.1. The molecule has 29 heavy (non-hydrogen) atoms. The summed E-state index contributed by atoms with van der Waals surface area (Å²) in [5.41, 5.74) is 1.81. The van der Waals surface area contributed by atoms with E-state index in [2.05, 4.69) is 28.6 Å². The highest BCUT2D eigenvalue weighted by molar-refractivity contribution is 7.99. The van der Waals surface area contributed by atoms with Crippen LogP contribution in [0, 0.1) is 0 Å². The summed E-state index contributed by atoms with van der Waals surface area (Å²) in [6.45, 7) is 10.6. The molecule has 0 radical (unpaired) electrons. The van der Waals surface area contributed by atoms with E-state index in [0.29, 0.717) is 18.7 Å². The van der Waals surface area contributed by atoms with Gasteiger partial charge < -0.3 is 14.7 Å². The van der Waals surface area contributed by atoms with Crippen molar-refractivity contribution < 1.29 is 4.79 Å². The predicted molar refractivity (Wildman–Crippen MR) is 122 cm³/mol. The van der Waals surface area contributed by atoms with Gasteiger partial charge in [0.15, 0.2) is 0 Å². The number of piperazine rings is 1. The minimum atomic E-state index is 0.0629. The van der Waals surface area contributed by atoms with Gasteiger partial charge in [-0.15, -0.1) is 11.8 Å². The van der Waals surface area contributed by atoms with Crippen LogP contribution in [0.4, 0.5) is 5.69 Å². The lowest BCUT2D eigenvalue weighted by molar-refractivity contribution is 0.0746. The van der Waals surface area contributed by atoms with Gasteiger partial charge in [0.05, 0.1) is 10.6 Å². The first-order valence-corrected chi connectivity index (χ1v) is 11.6. The van der Waals surface area contributed by atoms with E-state index in [1.165, 1.54) is 0 Å². The topological polar surface area (TPSA) is 39.7 Å². The average molecular weight is 433 g/mol. The third-order valence-corrected chi connectivity index (χ3v) is 6.47. The van der Waals surface area contributed by atoms with Crippen molar-refractivity contribution in [1.82, 2.24) is 14.8 Å². The summed E-state index contributed by atoms with van der Waals surface area (Å²) in [7, 11) is 0. The number of amides is 1. The predicted octanol–water partition coefficient (Wildman–Crippen LogP) is 4.13. The number of nitrogens with zero attached hydrogens (tertiary/aromatic N) is 4. The number of carbonyl (C=O) groups is 1. The van der Waals surface area contributed by atoms with Crippen LogP contribution in [0.25, 0.3) is 0 Å². The number of carbonyl (C=O) groups excluding carboxylic acids is 1. The van der Waals surface area contributed by atoms with Gasteiger partial charge in [0.25, 0.3) is 5.91 Å². The zero-order valence-corrected chi connectivity index (χ0v) is 18.8. The number of pyridine rings is 1. The molecule has 0 unspecified atom stereocenters. The van der Waals surface area contributed by atoms with Gasteiger partial charge in [0, 0.05) is 55.4 Å². The lowest BCUT2D eigenvalue weighted by atomic mass is 10.2. The summed E-state index contributed by atoms with van der Waals surface area (Å²) in [4.78, 5) is 23.9. The van der Waals surface area contributed by atoms with Gasteiger partial charge in [-0.1, -0.05) is 25.4 Å². The molecule has 1 fully saturated rings. The quantitative estimate of drug-likeness (QED) is 0.586. The minimum Gasteiger partial charge on any atom is -0.368 e. The van der Waals surface area contributed by atoms with Crippen molar-refractivity contribution in [2.75, 3.05) is 56.5 Å². The summed E-state index contributed by atoms with van der Waals surface area (Å²) in [5, 5.41) is 1.71. The molecule has 5 nitrogen and oxygen atoms in total. The Morgan fingerprint density at radius 2 is 1.76 bits per heavy atom. The molecule has 0 spiro atoms. The standard InChI is InChI=1S/C22H29ClN4OS/c1-3-25(4-2)15-16-29-21-10-5-18(17-24-21)22(28)27-13-11-26(12-14-27)20-8-6-19(23)7-9-20/h5-10,17H,3-4,11-16H2,1-2H3. The third-order valence-electron chi connectivity index (χ3n) is 5.29. The van der Waals surface area contributed by atoms with Crippen molar-refractivity contribution in [3.63, 3.8) is 0 Å². The molecule has 1 saturated heterocycles. The van der Waals surface area contributed by atoms with Crippen molar-refractivity contribution in [3.05, 3.63) is 53.2 Å². The van der Waals surface area contributed by atoms with Crippen molar-refractivity contribution in [3.8, 4) is 0 Å². The smallest absolute Gasteiger partial charge is 0.255 e. The molecule has 2 aromatic rings. The Hall–Kier alpha value is -1.76. The Morgan fingerprint density at radius 3 is 2.34 bits per heavy atom. The molecule has 2 heterocycles. The molecule has 0 atom stereocenters. The van der Waals surface area contributed by atoms with Crippen LogP contribution in [0.5, 0.6) is 0 Å². The maximum Gasteiger partial charge on any atom is 0.255 e. The van der Waals surface area contributed by atoms with E-state index < -0.39 is 0 Å². The van der Waals surface area contributed by atoms with Crippen LogP contribution >= 0.6 is 23.4 Å². The van der Waals surface area contributed by atoms with E-state index >= 15 is 0 Å². The summed E-state index contributed by atoms with van der Waals surface area (Å²) >= 11 is 7.71. The molecule has 1 aliphatic heterocycles. The van der Waals surface area contributed by atoms with Crippen LogP contribution in [-0.4, -0.2) is 72.3 Å². The van der Waals surface area contributed by atoms with E-state index in [4.69, 9.17) is 11.6 Å². The number of hydrogen-bond donors (Lipinski definition) is 0. The lowest BCUT2D eigenvalue weighted by Crippen LogP contribution is -2.48. The second-order valence-electron chi connectivity index (χ2n) is 7.02. The molecule has 1 aromatic heterocycles. The first kappa shape index (κ1) is 21.9. The fraction of sp³-hybridized carbons (Fsp3) is 0.455. The highest BCUT2D eigenvalue weighted by Gasteiger charge is 2.22. The second-order valence-corrected chi connectivity index (χ2v) is 8.57. The molecule has 0 aliphatic carbocycles. The van der Waals surface area contributed by atoms with Gasteiger partial charge >= 0.3 is 0 Å². The second kappa shape index (κ2) is 10.9. The number of thioether (sulfide) groups is 1. The van der Waals surface area contributed by atoms with Gasteiger partial charge in [-0.3, -0.25) is 4.79 Å². The van der Waals surface area contributed by atoms with Crippen LogP contribution in [0.3, 0.4) is 0 Å². The molecule has 1 aliphatic rings. The van der Waals surface area contributed by atoms with E-state index in [9.17, 15) is 4.79 Å². The molecular weight excluding hydrogens is 404 g/mol. The van der Waals surface area contributed by atoms with Crippen molar-refractivity contribution >= 4 is 35.0 Å². The van der Waals surface area contributed by atoms with Crippen LogP contribution in [0.2, 0.25) is 5.02 Å². The number of anilines is 1. The molecule has 1 amide bonds. The molecule has 0 bridgehead atoms. The monoisotopic (exact) mass is 432 g/mol. The Balaban J connectivity index is 1.48. The zero-order valence-electron chi connectivity index (χ0n) is 17.2. The lowest BCUT2D eigenvalue weighted by Gasteiger charge is -2.36. The number of halogens is 1. The van der Waals surface area contributed by atoms with Crippen LogP contribution < -0.4 is 4.90 Å². The zero-order chi connectivity index (χ0) is 20.6. The average Bonchev–Trinajstić information content (AvgIpc) is 2.77. The molecule has 3 rings (SSSR count). The Labute approximate surface area is 183 Å². The first-order valence-electron chi connectivity index (χ1n) is 10.2. The number of benzene rings is 1. The fourth-order valence-electron chi connectivity index (χ4n) is 3.41. The SMILES string of the molecule is CCN(CC)CCSc1ccc(C(=O)N2CCN(c3ccc(Cl)cc3)CC2)cn1. The largest absolute Gasteiger partial charge is 0.368 e. The maximum atomic E-state index is 12.8.